The molecule has 2 aromatic carbocycles. The van der Waals surface area contributed by atoms with E-state index in [0.29, 0.717) is 31.6 Å². The summed E-state index contributed by atoms with van der Waals surface area (Å²) in [5.41, 5.74) is -1.63. The summed E-state index contributed by atoms with van der Waals surface area (Å²) in [5.74, 6) is -1.02. The number of amides is 1. The van der Waals surface area contributed by atoms with Gasteiger partial charge in [-0.05, 0) is 43.7 Å². The molecule has 3 nitrogen and oxygen atoms in total. The number of piperidine rings is 1. The van der Waals surface area contributed by atoms with Crippen LogP contribution in [0.15, 0.2) is 42.5 Å². The summed E-state index contributed by atoms with van der Waals surface area (Å²) in [7, 11) is 1.42. The molecule has 10 heteroatoms. The number of likely N-dealkylation sites (N-methyl/N-ethyl adjacent to an activating group) is 1. The minimum atomic E-state index is -5.01. The molecule has 1 N–H and O–H groups in total. The molecule has 0 aliphatic carbocycles. The number of alkyl halides is 6. The molecule has 32 heavy (non-hydrogen) atoms. The highest BCUT2D eigenvalue weighted by Crippen LogP contribution is 2.37. The highest BCUT2D eigenvalue weighted by atomic mass is 35.5. The summed E-state index contributed by atoms with van der Waals surface area (Å²) in [5, 5.41) is 3.23. The Morgan fingerprint density at radius 3 is 2.00 bits per heavy atom. The van der Waals surface area contributed by atoms with Crippen molar-refractivity contribution in [3.63, 3.8) is 0 Å². The quantitative estimate of drug-likeness (QED) is 0.574. The smallest absolute Gasteiger partial charge is 0.338 e. The lowest BCUT2D eigenvalue weighted by Crippen LogP contribution is -2.49. The van der Waals surface area contributed by atoms with Crippen molar-refractivity contribution in [3.05, 3.63) is 70.3 Å². The van der Waals surface area contributed by atoms with Crippen LogP contribution >= 0.6 is 12.4 Å². The van der Waals surface area contributed by atoms with Crippen LogP contribution in [0.5, 0.6) is 0 Å². The van der Waals surface area contributed by atoms with Gasteiger partial charge in [-0.15, -0.1) is 12.4 Å². The minimum Gasteiger partial charge on any atom is -0.338 e. The van der Waals surface area contributed by atoms with Crippen LogP contribution in [0.4, 0.5) is 26.3 Å². The van der Waals surface area contributed by atoms with Gasteiger partial charge in [0.2, 0.25) is 0 Å². The van der Waals surface area contributed by atoms with Gasteiger partial charge in [-0.2, -0.15) is 26.3 Å². The zero-order chi connectivity index (χ0) is 23.0. The monoisotopic (exact) mass is 480 g/mol. The van der Waals surface area contributed by atoms with E-state index in [0.717, 1.165) is 11.1 Å². The predicted molar refractivity (Wildman–Crippen MR) is 111 cm³/mol. The summed E-state index contributed by atoms with van der Waals surface area (Å²) in [4.78, 5) is 14.3. The van der Waals surface area contributed by atoms with E-state index < -0.39 is 35.0 Å². The highest BCUT2D eigenvalue weighted by molar-refractivity contribution is 5.94. The van der Waals surface area contributed by atoms with Gasteiger partial charge in [0, 0.05) is 31.1 Å². The summed E-state index contributed by atoms with van der Waals surface area (Å²) >= 11 is 0. The molecule has 1 saturated heterocycles. The second-order valence-corrected chi connectivity index (χ2v) is 7.79. The summed E-state index contributed by atoms with van der Waals surface area (Å²) in [6, 6.07) is 8.30. The first-order valence-electron chi connectivity index (χ1n) is 9.72. The van der Waals surface area contributed by atoms with Crippen molar-refractivity contribution in [1.29, 1.82) is 0 Å². The van der Waals surface area contributed by atoms with E-state index in [4.69, 9.17) is 0 Å². The average molecular weight is 481 g/mol. The third-order valence-corrected chi connectivity index (χ3v) is 5.60. The van der Waals surface area contributed by atoms with Crippen LogP contribution in [-0.4, -0.2) is 37.0 Å². The molecule has 2 unspecified atom stereocenters. The van der Waals surface area contributed by atoms with Crippen molar-refractivity contribution in [2.45, 2.75) is 37.7 Å². The van der Waals surface area contributed by atoms with Gasteiger partial charge in [0.15, 0.2) is 0 Å². The molecular formula is C22H23ClF6N2O. The van der Waals surface area contributed by atoms with Crippen molar-refractivity contribution in [1.82, 2.24) is 10.2 Å². The number of carbonyl (C=O) groups excluding carboxylic acids is 1. The fourth-order valence-corrected chi connectivity index (χ4v) is 3.89. The molecule has 1 heterocycles. The maximum Gasteiger partial charge on any atom is 0.416 e. The number of benzene rings is 2. The van der Waals surface area contributed by atoms with Crippen molar-refractivity contribution >= 4 is 18.3 Å². The zero-order valence-corrected chi connectivity index (χ0v) is 18.2. The first-order chi connectivity index (χ1) is 14.4. The number of rotatable bonds is 3. The Balaban J connectivity index is 0.00000363. The molecule has 0 bridgehead atoms. The maximum absolute atomic E-state index is 13.2. The molecule has 0 saturated carbocycles. The molecule has 0 radical (unpaired) electrons. The molecule has 1 fully saturated rings. The molecule has 0 aromatic heterocycles. The van der Waals surface area contributed by atoms with Gasteiger partial charge in [-0.25, -0.2) is 0 Å². The van der Waals surface area contributed by atoms with E-state index in [1.165, 1.54) is 11.9 Å². The number of carbonyl (C=O) groups is 1. The molecule has 2 aromatic rings. The minimum absolute atomic E-state index is 0. The van der Waals surface area contributed by atoms with Crippen LogP contribution in [0, 0.1) is 6.92 Å². The molecule has 1 aliphatic heterocycles. The van der Waals surface area contributed by atoms with Gasteiger partial charge in [0.05, 0.1) is 11.1 Å². The number of halogens is 7. The normalized spacial score (nSPS) is 19.2. The van der Waals surface area contributed by atoms with Gasteiger partial charge in [-0.3, -0.25) is 4.79 Å². The molecule has 1 aliphatic rings. The maximum atomic E-state index is 13.2. The molecule has 0 spiro atoms. The predicted octanol–water partition coefficient (Wildman–Crippen LogP) is 5.67. The van der Waals surface area contributed by atoms with Gasteiger partial charge >= 0.3 is 12.4 Å². The Morgan fingerprint density at radius 2 is 1.50 bits per heavy atom. The second-order valence-electron chi connectivity index (χ2n) is 7.79. The van der Waals surface area contributed by atoms with Crippen molar-refractivity contribution in [3.8, 4) is 0 Å². The van der Waals surface area contributed by atoms with E-state index >= 15 is 0 Å². The van der Waals surface area contributed by atoms with E-state index in [-0.39, 0.29) is 30.4 Å². The van der Waals surface area contributed by atoms with E-state index in [1.54, 1.807) is 0 Å². The number of hydrogen-bond acceptors (Lipinski definition) is 2. The molecular weight excluding hydrogens is 458 g/mol. The molecule has 3 rings (SSSR count). The van der Waals surface area contributed by atoms with Gasteiger partial charge in [0.1, 0.15) is 0 Å². The third kappa shape index (κ3) is 5.75. The fraction of sp³-hybridized carbons (Fsp3) is 0.409. The number of hydrogen-bond donors (Lipinski definition) is 1. The van der Waals surface area contributed by atoms with Crippen molar-refractivity contribution in [2.75, 3.05) is 20.1 Å². The van der Waals surface area contributed by atoms with Crippen molar-refractivity contribution < 1.29 is 31.1 Å². The first-order valence-corrected chi connectivity index (χ1v) is 9.72. The lowest BCUT2D eigenvalue weighted by Gasteiger charge is -2.39. The topological polar surface area (TPSA) is 32.3 Å². The van der Waals surface area contributed by atoms with Crippen LogP contribution in [0.1, 0.15) is 45.0 Å². The second kappa shape index (κ2) is 9.70. The van der Waals surface area contributed by atoms with Crippen LogP contribution in [0.2, 0.25) is 0 Å². The summed E-state index contributed by atoms with van der Waals surface area (Å²) in [6.45, 7) is 3.06. The standard InChI is InChI=1S/C22H22F6N2O.ClH/c1-13-3-5-14(6-4-13)18-12-29-8-7-19(18)30(2)20(31)15-9-16(21(23,24)25)11-17(10-15)22(26,27)28;/h3-6,9-11,18-19,29H,7-8,12H2,1-2H3;1H. The number of nitrogens with zero attached hydrogens (tertiary/aromatic N) is 1. The van der Waals surface area contributed by atoms with E-state index in [2.05, 4.69) is 5.32 Å². The summed E-state index contributed by atoms with van der Waals surface area (Å²) < 4.78 is 79.0. The highest BCUT2D eigenvalue weighted by Gasteiger charge is 2.39. The molecule has 1 amide bonds. The third-order valence-electron chi connectivity index (χ3n) is 5.60. The number of aryl methyl sites for hydroxylation is 1. The Hall–Kier alpha value is -2.26. The van der Waals surface area contributed by atoms with Crippen LogP contribution in [0.3, 0.4) is 0 Å². The van der Waals surface area contributed by atoms with Gasteiger partial charge < -0.3 is 10.2 Å². The fourth-order valence-electron chi connectivity index (χ4n) is 3.89. The van der Waals surface area contributed by atoms with Gasteiger partial charge in [0.25, 0.3) is 5.91 Å². The van der Waals surface area contributed by atoms with Gasteiger partial charge in [-0.1, -0.05) is 29.8 Å². The first kappa shape index (κ1) is 26.0. The zero-order valence-electron chi connectivity index (χ0n) is 17.3. The Bertz CT molecular complexity index is 911. The SMILES string of the molecule is Cc1ccc(C2CNCCC2N(C)C(=O)c2cc(C(F)(F)F)cc(C(F)(F)F)c2)cc1.Cl. The largest absolute Gasteiger partial charge is 0.416 e. The lowest BCUT2D eigenvalue weighted by atomic mass is 9.85. The lowest BCUT2D eigenvalue weighted by molar-refractivity contribution is -0.143. The Labute approximate surface area is 188 Å². The van der Waals surface area contributed by atoms with Crippen LogP contribution in [0.25, 0.3) is 0 Å². The molecule has 176 valence electrons. The Kier molecular flexibility index (Phi) is 7.88. The summed E-state index contributed by atoms with van der Waals surface area (Å²) in [6.07, 6.45) is -9.49. The number of nitrogens with one attached hydrogen (secondary N) is 1. The van der Waals surface area contributed by atoms with E-state index in [9.17, 15) is 31.1 Å². The van der Waals surface area contributed by atoms with Crippen molar-refractivity contribution in [2.24, 2.45) is 0 Å². The molecule has 2 atom stereocenters. The van der Waals surface area contributed by atoms with Crippen LogP contribution in [-0.2, 0) is 12.4 Å². The Morgan fingerprint density at radius 1 is 0.969 bits per heavy atom. The van der Waals surface area contributed by atoms with E-state index in [1.807, 2.05) is 31.2 Å². The average Bonchev–Trinajstić information content (AvgIpc) is 2.71. The van der Waals surface area contributed by atoms with Crippen LogP contribution < -0.4 is 5.32 Å².